The van der Waals surface area contributed by atoms with Gasteiger partial charge in [-0.3, -0.25) is 14.9 Å². The lowest BCUT2D eigenvalue weighted by molar-refractivity contribution is -0.384. The van der Waals surface area contributed by atoms with E-state index in [9.17, 15) is 14.9 Å². The molecule has 1 aromatic heterocycles. The molecule has 0 fully saturated rings. The van der Waals surface area contributed by atoms with Gasteiger partial charge in [-0.05, 0) is 6.92 Å². The van der Waals surface area contributed by atoms with Gasteiger partial charge in [0.15, 0.2) is 0 Å². The van der Waals surface area contributed by atoms with Gasteiger partial charge in [-0.15, -0.1) is 0 Å². The molecule has 0 aliphatic rings. The quantitative estimate of drug-likeness (QED) is 0.435. The van der Waals surface area contributed by atoms with Gasteiger partial charge in [-0.2, -0.15) is 5.10 Å². The molecule has 17 heavy (non-hydrogen) atoms. The van der Waals surface area contributed by atoms with E-state index in [4.69, 9.17) is 0 Å². The summed E-state index contributed by atoms with van der Waals surface area (Å²) in [7, 11) is 1.63. The molecular weight excluding hydrogens is 226 g/mol. The van der Waals surface area contributed by atoms with E-state index in [1.165, 1.54) is 11.6 Å². The molecule has 94 valence electrons. The Labute approximate surface area is 98.1 Å². The monoisotopic (exact) mass is 241 g/mol. The molecule has 0 bridgehead atoms. The number of aryl methyl sites for hydroxylation is 2. The fourth-order valence-corrected chi connectivity index (χ4v) is 1.48. The van der Waals surface area contributed by atoms with Crippen LogP contribution in [0.25, 0.3) is 0 Å². The van der Waals surface area contributed by atoms with Crippen LogP contribution in [0, 0.1) is 17.0 Å². The second-order valence-corrected chi connectivity index (χ2v) is 3.57. The van der Waals surface area contributed by atoms with Crippen LogP contribution in [0.3, 0.4) is 0 Å². The number of amides is 1. The van der Waals surface area contributed by atoms with Gasteiger partial charge in [-0.1, -0.05) is 0 Å². The lowest BCUT2D eigenvalue weighted by atomic mass is 10.4. The number of carbonyl (C=O) groups is 1. The zero-order valence-electron chi connectivity index (χ0n) is 9.98. The standard InChI is InChI=1S/C9H15N5O3/c1-6-8(14(16)17)9(13(3)12-6)11-5-4-10-7(2)15/h11H,4-5H2,1-3H3,(H,10,15). The van der Waals surface area contributed by atoms with Gasteiger partial charge in [0, 0.05) is 27.1 Å². The maximum absolute atomic E-state index is 10.8. The molecule has 0 aromatic carbocycles. The van der Waals surface area contributed by atoms with E-state index in [1.807, 2.05) is 0 Å². The van der Waals surface area contributed by atoms with Gasteiger partial charge in [0.2, 0.25) is 11.7 Å². The van der Waals surface area contributed by atoms with Crippen molar-refractivity contribution in [2.45, 2.75) is 13.8 Å². The van der Waals surface area contributed by atoms with Crippen LogP contribution in [0.15, 0.2) is 0 Å². The third kappa shape index (κ3) is 3.16. The van der Waals surface area contributed by atoms with Crippen molar-refractivity contribution in [1.29, 1.82) is 0 Å². The molecular formula is C9H15N5O3. The lowest BCUT2D eigenvalue weighted by Crippen LogP contribution is -2.26. The number of carbonyl (C=O) groups excluding carboxylic acids is 1. The van der Waals surface area contributed by atoms with Crippen LogP contribution in [-0.4, -0.2) is 33.7 Å². The third-order valence-electron chi connectivity index (χ3n) is 2.16. The van der Waals surface area contributed by atoms with Crippen molar-refractivity contribution >= 4 is 17.4 Å². The minimum absolute atomic E-state index is 0.0321. The summed E-state index contributed by atoms with van der Waals surface area (Å²) >= 11 is 0. The van der Waals surface area contributed by atoms with E-state index >= 15 is 0 Å². The van der Waals surface area contributed by atoms with E-state index in [1.54, 1.807) is 14.0 Å². The number of anilines is 1. The van der Waals surface area contributed by atoms with Crippen LogP contribution in [0.5, 0.6) is 0 Å². The second kappa shape index (κ2) is 5.28. The summed E-state index contributed by atoms with van der Waals surface area (Å²) < 4.78 is 1.42. The highest BCUT2D eigenvalue weighted by atomic mass is 16.6. The van der Waals surface area contributed by atoms with Crippen molar-refractivity contribution in [3.63, 3.8) is 0 Å². The van der Waals surface area contributed by atoms with Gasteiger partial charge < -0.3 is 10.6 Å². The number of nitrogens with zero attached hydrogens (tertiary/aromatic N) is 3. The summed E-state index contributed by atoms with van der Waals surface area (Å²) in [6.45, 7) is 3.80. The molecule has 0 aliphatic carbocycles. The van der Waals surface area contributed by atoms with Gasteiger partial charge >= 0.3 is 5.69 Å². The number of nitro groups is 1. The molecule has 8 heteroatoms. The Kier molecular flexibility index (Phi) is 4.02. The Morgan fingerprint density at radius 2 is 2.18 bits per heavy atom. The lowest BCUT2D eigenvalue weighted by Gasteiger charge is -2.06. The molecule has 1 rings (SSSR count). The highest BCUT2D eigenvalue weighted by Crippen LogP contribution is 2.26. The molecule has 1 aromatic rings. The minimum Gasteiger partial charge on any atom is -0.363 e. The maximum atomic E-state index is 10.8. The highest BCUT2D eigenvalue weighted by Gasteiger charge is 2.23. The van der Waals surface area contributed by atoms with Crippen LogP contribution in [0.2, 0.25) is 0 Å². The number of rotatable bonds is 5. The molecule has 0 spiro atoms. The van der Waals surface area contributed by atoms with Crippen molar-refractivity contribution in [2.24, 2.45) is 7.05 Å². The first-order chi connectivity index (χ1) is 7.93. The van der Waals surface area contributed by atoms with Gasteiger partial charge in [0.1, 0.15) is 5.69 Å². The Morgan fingerprint density at radius 3 is 2.71 bits per heavy atom. The average molecular weight is 241 g/mol. The molecule has 8 nitrogen and oxygen atoms in total. The van der Waals surface area contributed by atoms with Gasteiger partial charge in [0.05, 0.1) is 4.92 Å². The number of hydrogen-bond acceptors (Lipinski definition) is 5. The Morgan fingerprint density at radius 1 is 1.53 bits per heavy atom. The summed E-state index contributed by atoms with van der Waals surface area (Å²) in [4.78, 5) is 21.0. The zero-order chi connectivity index (χ0) is 13.0. The van der Waals surface area contributed by atoms with Crippen molar-refractivity contribution < 1.29 is 9.72 Å². The van der Waals surface area contributed by atoms with E-state index in [2.05, 4.69) is 15.7 Å². The van der Waals surface area contributed by atoms with E-state index < -0.39 is 4.92 Å². The highest BCUT2D eigenvalue weighted by molar-refractivity contribution is 5.72. The Hall–Kier alpha value is -2.12. The molecule has 0 unspecified atom stereocenters. The largest absolute Gasteiger partial charge is 0.363 e. The Bertz CT molecular complexity index is 440. The topological polar surface area (TPSA) is 102 Å². The number of hydrogen-bond donors (Lipinski definition) is 2. The summed E-state index contributed by atoms with van der Waals surface area (Å²) in [5.41, 5.74) is 0.329. The molecule has 0 atom stereocenters. The average Bonchev–Trinajstić information content (AvgIpc) is 2.48. The molecule has 1 heterocycles. The van der Waals surface area contributed by atoms with Crippen LogP contribution >= 0.6 is 0 Å². The fourth-order valence-electron chi connectivity index (χ4n) is 1.48. The van der Waals surface area contributed by atoms with Crippen molar-refractivity contribution in [3.05, 3.63) is 15.8 Å². The fraction of sp³-hybridized carbons (Fsp3) is 0.556. The molecule has 0 radical (unpaired) electrons. The first-order valence-electron chi connectivity index (χ1n) is 5.09. The van der Waals surface area contributed by atoms with Crippen molar-refractivity contribution in [2.75, 3.05) is 18.4 Å². The zero-order valence-corrected chi connectivity index (χ0v) is 9.98. The summed E-state index contributed by atoms with van der Waals surface area (Å²) in [5, 5.41) is 20.3. The van der Waals surface area contributed by atoms with Crippen LogP contribution in [0.1, 0.15) is 12.6 Å². The molecule has 0 saturated heterocycles. The smallest absolute Gasteiger partial charge is 0.333 e. The minimum atomic E-state index is -0.469. The third-order valence-corrected chi connectivity index (χ3v) is 2.16. The van der Waals surface area contributed by atoms with E-state index in [-0.39, 0.29) is 11.6 Å². The van der Waals surface area contributed by atoms with Gasteiger partial charge in [-0.25, -0.2) is 4.68 Å². The Balaban J connectivity index is 2.70. The molecule has 0 aliphatic heterocycles. The summed E-state index contributed by atoms with van der Waals surface area (Å²) in [6, 6.07) is 0. The van der Waals surface area contributed by atoms with Crippen LogP contribution < -0.4 is 10.6 Å². The molecule has 0 saturated carbocycles. The molecule has 2 N–H and O–H groups in total. The van der Waals surface area contributed by atoms with E-state index in [0.29, 0.717) is 24.6 Å². The van der Waals surface area contributed by atoms with Crippen LogP contribution in [-0.2, 0) is 11.8 Å². The van der Waals surface area contributed by atoms with Gasteiger partial charge in [0.25, 0.3) is 0 Å². The SMILES string of the molecule is CC(=O)NCCNc1c([N+](=O)[O-])c(C)nn1C. The predicted molar refractivity (Wildman–Crippen MR) is 61.8 cm³/mol. The number of nitrogens with one attached hydrogen (secondary N) is 2. The first kappa shape index (κ1) is 12.9. The van der Waals surface area contributed by atoms with Crippen LogP contribution in [0.4, 0.5) is 11.5 Å². The maximum Gasteiger partial charge on any atom is 0.333 e. The number of aromatic nitrogens is 2. The van der Waals surface area contributed by atoms with E-state index in [0.717, 1.165) is 0 Å². The van der Waals surface area contributed by atoms with Crippen molar-refractivity contribution in [1.82, 2.24) is 15.1 Å². The molecule has 1 amide bonds. The first-order valence-corrected chi connectivity index (χ1v) is 5.09. The summed E-state index contributed by atoms with van der Waals surface area (Å²) in [6.07, 6.45) is 0. The predicted octanol–water partition coefficient (Wildman–Crippen LogP) is 0.185. The summed E-state index contributed by atoms with van der Waals surface area (Å²) in [5.74, 6) is 0.209. The van der Waals surface area contributed by atoms with Crippen molar-refractivity contribution in [3.8, 4) is 0 Å². The second-order valence-electron chi connectivity index (χ2n) is 3.57. The normalized spacial score (nSPS) is 10.1.